The van der Waals surface area contributed by atoms with Crippen molar-refractivity contribution in [2.24, 2.45) is 0 Å². The van der Waals surface area contributed by atoms with Crippen LogP contribution in [0.1, 0.15) is 28.8 Å². The Balaban J connectivity index is 1.83. The van der Waals surface area contributed by atoms with Crippen molar-refractivity contribution in [1.82, 2.24) is 14.9 Å². The van der Waals surface area contributed by atoms with Crippen molar-refractivity contribution in [2.45, 2.75) is 25.8 Å². The summed E-state index contributed by atoms with van der Waals surface area (Å²) < 4.78 is 1.41. The molecule has 6 nitrogen and oxygen atoms in total. The second kappa shape index (κ2) is 5.73. The van der Waals surface area contributed by atoms with Gasteiger partial charge in [-0.2, -0.15) is 0 Å². The zero-order valence-corrected chi connectivity index (χ0v) is 13.7. The van der Waals surface area contributed by atoms with E-state index in [9.17, 15) is 14.7 Å². The molecule has 0 spiro atoms. The van der Waals surface area contributed by atoms with Crippen LogP contribution in [0.5, 0.6) is 5.75 Å². The summed E-state index contributed by atoms with van der Waals surface area (Å²) in [5.41, 5.74) is 1.95. The van der Waals surface area contributed by atoms with Crippen LogP contribution >= 0.6 is 0 Å². The minimum absolute atomic E-state index is 0.0315. The van der Waals surface area contributed by atoms with Crippen molar-refractivity contribution in [3.63, 3.8) is 0 Å². The first-order valence-electron chi connectivity index (χ1n) is 8.16. The molecule has 1 fully saturated rings. The average Bonchev–Trinajstić information content (AvgIpc) is 3.41. The lowest BCUT2D eigenvalue weighted by atomic mass is 10.1. The Hall–Kier alpha value is -3.15. The number of aromatic hydroxyl groups is 1. The molecule has 0 saturated heterocycles. The molecule has 0 unspecified atom stereocenters. The van der Waals surface area contributed by atoms with Crippen LogP contribution in [0.3, 0.4) is 0 Å². The van der Waals surface area contributed by atoms with Crippen LogP contribution in [0.25, 0.3) is 16.6 Å². The second-order valence-corrected chi connectivity index (χ2v) is 6.34. The van der Waals surface area contributed by atoms with Crippen molar-refractivity contribution in [3.8, 4) is 11.4 Å². The summed E-state index contributed by atoms with van der Waals surface area (Å²) in [5, 5.41) is 13.1. The Morgan fingerprint density at radius 3 is 2.84 bits per heavy atom. The minimum atomic E-state index is -0.288. The van der Waals surface area contributed by atoms with E-state index >= 15 is 0 Å². The van der Waals surface area contributed by atoms with Crippen molar-refractivity contribution in [3.05, 3.63) is 64.2 Å². The number of aromatic nitrogens is 2. The fourth-order valence-electron chi connectivity index (χ4n) is 2.82. The summed E-state index contributed by atoms with van der Waals surface area (Å²) in [6.07, 6.45) is 3.42. The SMILES string of the molecule is Cc1ccc(C(=O)NC2CC2)cc1-n1cnc2c(O)cccc2c1=O. The third-order valence-corrected chi connectivity index (χ3v) is 4.41. The number of benzene rings is 2. The number of amides is 1. The highest BCUT2D eigenvalue weighted by Gasteiger charge is 2.24. The lowest BCUT2D eigenvalue weighted by Gasteiger charge is -2.12. The molecular weight excluding hydrogens is 318 g/mol. The molecule has 2 aromatic carbocycles. The van der Waals surface area contributed by atoms with Crippen molar-refractivity contribution in [2.75, 3.05) is 0 Å². The molecule has 1 aliphatic carbocycles. The Bertz CT molecular complexity index is 1050. The van der Waals surface area contributed by atoms with E-state index < -0.39 is 0 Å². The lowest BCUT2D eigenvalue weighted by Crippen LogP contribution is -2.26. The largest absolute Gasteiger partial charge is 0.506 e. The maximum Gasteiger partial charge on any atom is 0.265 e. The average molecular weight is 335 g/mol. The molecule has 0 radical (unpaired) electrons. The third kappa shape index (κ3) is 2.76. The Kier molecular flexibility index (Phi) is 3.53. The Morgan fingerprint density at radius 1 is 1.28 bits per heavy atom. The number of para-hydroxylation sites is 1. The van der Waals surface area contributed by atoms with Gasteiger partial charge in [-0.1, -0.05) is 12.1 Å². The zero-order chi connectivity index (χ0) is 17.6. The smallest absolute Gasteiger partial charge is 0.265 e. The van der Waals surface area contributed by atoms with E-state index in [-0.39, 0.29) is 28.8 Å². The van der Waals surface area contributed by atoms with Crippen LogP contribution in [0.2, 0.25) is 0 Å². The Morgan fingerprint density at radius 2 is 2.08 bits per heavy atom. The lowest BCUT2D eigenvalue weighted by molar-refractivity contribution is 0.0951. The standard InChI is InChI=1S/C19H17N3O3/c1-11-5-6-12(18(24)21-13-7-8-13)9-15(11)22-10-20-17-14(19(22)25)3-2-4-16(17)23/h2-6,9-10,13,23H,7-8H2,1H3,(H,21,24). The van der Waals surface area contributed by atoms with Crippen molar-refractivity contribution < 1.29 is 9.90 Å². The summed E-state index contributed by atoms with van der Waals surface area (Å²) in [6, 6.07) is 10.3. The molecule has 0 aliphatic heterocycles. The number of phenols is 1. The van der Waals surface area contributed by atoms with Gasteiger partial charge in [0.2, 0.25) is 0 Å². The summed E-state index contributed by atoms with van der Waals surface area (Å²) in [6.45, 7) is 1.87. The molecule has 1 aliphatic rings. The molecule has 2 N–H and O–H groups in total. The maximum atomic E-state index is 12.8. The highest BCUT2D eigenvalue weighted by molar-refractivity contribution is 5.95. The van der Waals surface area contributed by atoms with Gasteiger partial charge in [0.25, 0.3) is 11.5 Å². The van der Waals surface area contributed by atoms with Gasteiger partial charge in [-0.3, -0.25) is 14.2 Å². The summed E-state index contributed by atoms with van der Waals surface area (Å²) in [4.78, 5) is 29.3. The van der Waals surface area contributed by atoms with Crippen LogP contribution in [0.15, 0.2) is 47.5 Å². The van der Waals surface area contributed by atoms with E-state index in [0.717, 1.165) is 18.4 Å². The molecule has 1 heterocycles. The van der Waals surface area contributed by atoms with Gasteiger partial charge in [-0.15, -0.1) is 0 Å². The first kappa shape index (κ1) is 15.4. The quantitative estimate of drug-likeness (QED) is 0.769. The highest BCUT2D eigenvalue weighted by Crippen LogP contribution is 2.22. The fraction of sp³-hybridized carbons (Fsp3) is 0.211. The molecule has 1 saturated carbocycles. The first-order valence-corrected chi connectivity index (χ1v) is 8.16. The molecule has 4 rings (SSSR count). The fourth-order valence-corrected chi connectivity index (χ4v) is 2.82. The summed E-state index contributed by atoms with van der Waals surface area (Å²) in [7, 11) is 0. The van der Waals surface area contributed by atoms with Crippen LogP contribution in [-0.4, -0.2) is 26.6 Å². The van der Waals surface area contributed by atoms with Gasteiger partial charge in [-0.25, -0.2) is 4.98 Å². The number of aryl methyl sites for hydroxylation is 1. The number of phenolic OH excluding ortho intramolecular Hbond substituents is 1. The van der Waals surface area contributed by atoms with E-state index in [2.05, 4.69) is 10.3 Å². The zero-order valence-electron chi connectivity index (χ0n) is 13.7. The maximum absolute atomic E-state index is 12.8. The number of rotatable bonds is 3. The predicted octanol–water partition coefficient (Wildman–Crippen LogP) is 2.29. The van der Waals surface area contributed by atoms with E-state index in [1.165, 1.54) is 17.0 Å². The molecule has 0 bridgehead atoms. The number of hydrogen-bond donors (Lipinski definition) is 2. The van der Waals surface area contributed by atoms with Crippen molar-refractivity contribution >= 4 is 16.8 Å². The summed E-state index contributed by atoms with van der Waals surface area (Å²) >= 11 is 0. The van der Waals surface area contributed by atoms with Crippen LogP contribution in [0, 0.1) is 6.92 Å². The topological polar surface area (TPSA) is 84.2 Å². The molecular formula is C19H17N3O3. The van der Waals surface area contributed by atoms with E-state index in [1.807, 2.05) is 13.0 Å². The molecule has 1 aromatic heterocycles. The Labute approximate surface area is 143 Å². The van der Waals surface area contributed by atoms with Gasteiger partial charge in [0, 0.05) is 11.6 Å². The number of carbonyl (C=O) groups is 1. The molecule has 6 heteroatoms. The van der Waals surface area contributed by atoms with Gasteiger partial charge >= 0.3 is 0 Å². The normalized spacial score (nSPS) is 13.8. The van der Waals surface area contributed by atoms with Gasteiger partial charge in [0.05, 0.1) is 11.1 Å². The van der Waals surface area contributed by atoms with Crippen LogP contribution < -0.4 is 10.9 Å². The minimum Gasteiger partial charge on any atom is -0.506 e. The number of carbonyl (C=O) groups excluding carboxylic acids is 1. The third-order valence-electron chi connectivity index (χ3n) is 4.41. The van der Waals surface area contributed by atoms with Gasteiger partial charge in [0.1, 0.15) is 17.6 Å². The molecule has 0 atom stereocenters. The first-order chi connectivity index (χ1) is 12.0. The van der Waals surface area contributed by atoms with Crippen molar-refractivity contribution in [1.29, 1.82) is 0 Å². The number of fused-ring (bicyclic) bond motifs is 1. The number of hydrogen-bond acceptors (Lipinski definition) is 4. The van der Waals surface area contributed by atoms with E-state index in [4.69, 9.17) is 0 Å². The monoisotopic (exact) mass is 335 g/mol. The molecule has 3 aromatic rings. The molecule has 1 amide bonds. The highest BCUT2D eigenvalue weighted by atomic mass is 16.3. The molecule has 126 valence electrons. The van der Waals surface area contributed by atoms with E-state index in [1.54, 1.807) is 24.3 Å². The summed E-state index contributed by atoms with van der Waals surface area (Å²) in [5.74, 6) is -0.167. The van der Waals surface area contributed by atoms with E-state index in [0.29, 0.717) is 16.6 Å². The predicted molar refractivity (Wildman–Crippen MR) is 94.2 cm³/mol. The van der Waals surface area contributed by atoms with Crippen LogP contribution in [0.4, 0.5) is 0 Å². The molecule has 25 heavy (non-hydrogen) atoms. The van der Waals surface area contributed by atoms with Gasteiger partial charge in [-0.05, 0) is 49.6 Å². The number of nitrogens with one attached hydrogen (secondary N) is 1. The van der Waals surface area contributed by atoms with Gasteiger partial charge < -0.3 is 10.4 Å². The second-order valence-electron chi connectivity index (χ2n) is 6.34. The number of nitrogens with zero attached hydrogens (tertiary/aromatic N) is 2. The van der Waals surface area contributed by atoms with Crippen LogP contribution in [-0.2, 0) is 0 Å². The van der Waals surface area contributed by atoms with Gasteiger partial charge in [0.15, 0.2) is 0 Å².